The first-order valence-electron chi connectivity index (χ1n) is 9.57. The Morgan fingerprint density at radius 2 is 1.12 bits per heavy atom. The summed E-state index contributed by atoms with van der Waals surface area (Å²) in [5, 5.41) is 13.9. The second-order valence-corrected chi connectivity index (χ2v) is 7.43. The van der Waals surface area contributed by atoms with Gasteiger partial charge in [-0.15, -0.1) is 0 Å². The van der Waals surface area contributed by atoms with Gasteiger partial charge < -0.3 is 10.2 Å². The molecule has 0 heterocycles. The number of hydrogen-bond donors (Lipinski definition) is 2. The van der Waals surface area contributed by atoms with Crippen molar-refractivity contribution in [1.29, 1.82) is 0 Å². The molecule has 0 fully saturated rings. The molecule has 144 valence electrons. The predicted octanol–water partition coefficient (Wildman–Crippen LogP) is 6.05. The van der Waals surface area contributed by atoms with Crippen molar-refractivity contribution in [3.05, 3.63) is 12.2 Å². The number of carboxylic acid groups (broad SMARTS) is 2. The number of carbonyl (C=O) groups is 2. The molecule has 0 bridgehead atoms. The molecule has 2 N–H and O–H groups in total. The first-order valence-corrected chi connectivity index (χ1v) is 10.6. The molecule has 0 aliphatic heterocycles. The molecule has 0 unspecified atom stereocenters. The van der Waals surface area contributed by atoms with Gasteiger partial charge in [-0.25, -0.2) is 4.79 Å². The first-order chi connectivity index (χ1) is 11.5. The van der Waals surface area contributed by atoms with Gasteiger partial charge in [0.05, 0.1) is 0 Å². The average Bonchev–Trinajstić information content (AvgIpc) is 2.50. The van der Waals surface area contributed by atoms with E-state index in [1.165, 1.54) is 77.0 Å². The standard InChI is InChI=1S/C18H33O.CH2O3.Na.H2S/c1-2-3-4-5-6-7-8-9-10-11-12-13-14-15-16-17-18-19;2-1(3)4;;/h9-10H,2-8,11-17H2,1H3;(H2,2,3,4);;1H2/b10-9-;;;. The van der Waals surface area contributed by atoms with Crippen molar-refractivity contribution in [3.63, 3.8) is 0 Å². The SMILES string of the molecule is CCCCCCCC/C=C\CCCCCCC[C](=O)[Na].O=C(O)O.S. The zero-order valence-electron chi connectivity index (χ0n) is 16.3. The van der Waals surface area contributed by atoms with Crippen molar-refractivity contribution in [2.45, 2.75) is 96.8 Å². The van der Waals surface area contributed by atoms with Crippen molar-refractivity contribution in [1.82, 2.24) is 0 Å². The van der Waals surface area contributed by atoms with Gasteiger partial charge in [-0.3, -0.25) is 0 Å². The topological polar surface area (TPSA) is 74.6 Å². The fourth-order valence-corrected chi connectivity index (χ4v) is 2.80. The van der Waals surface area contributed by atoms with E-state index >= 15 is 0 Å². The number of hydrogen-bond acceptors (Lipinski definition) is 2. The molecule has 0 aromatic heterocycles. The quantitative estimate of drug-likeness (QED) is 0.205. The summed E-state index contributed by atoms with van der Waals surface area (Å²) in [6.07, 6.45) is 21.0. The van der Waals surface area contributed by atoms with E-state index in [1.807, 2.05) is 0 Å². The minimum absolute atomic E-state index is 0. The summed E-state index contributed by atoms with van der Waals surface area (Å²) in [5.74, 6) is 0. The summed E-state index contributed by atoms with van der Waals surface area (Å²) in [5.41, 5.74) is 0. The summed E-state index contributed by atoms with van der Waals surface area (Å²) < 4.78 is 0.475. The Balaban J connectivity index is -0.000000867. The second-order valence-electron chi connectivity index (χ2n) is 6.32. The molecule has 0 aromatic rings. The minimum atomic E-state index is -1.83. The molecule has 0 saturated heterocycles. The fraction of sp³-hybridized carbons (Fsp3) is 0.789. The number of unbranched alkanes of at least 4 members (excludes halogenated alkanes) is 11. The van der Waals surface area contributed by atoms with Gasteiger partial charge >= 0.3 is 112 Å². The number of allylic oxidation sites excluding steroid dienone is 2. The second kappa shape index (κ2) is 26.3. The molecule has 25 heavy (non-hydrogen) atoms. The Bertz CT molecular complexity index is 319. The third-order valence-corrected chi connectivity index (χ3v) is 4.29. The summed E-state index contributed by atoms with van der Waals surface area (Å²) >= 11 is 0.742. The molecule has 0 rings (SSSR count). The summed E-state index contributed by atoms with van der Waals surface area (Å²) in [7, 11) is 0. The Labute approximate surface area is 178 Å². The van der Waals surface area contributed by atoms with Gasteiger partial charge in [0.15, 0.2) is 0 Å². The zero-order valence-corrected chi connectivity index (χ0v) is 19.3. The molecule has 0 aliphatic carbocycles. The van der Waals surface area contributed by atoms with Crippen LogP contribution in [0.5, 0.6) is 0 Å². The van der Waals surface area contributed by atoms with E-state index < -0.39 is 6.16 Å². The van der Waals surface area contributed by atoms with Crippen molar-refractivity contribution < 1.29 is 19.8 Å². The van der Waals surface area contributed by atoms with Gasteiger partial charge in [0.2, 0.25) is 0 Å². The largest absolute Gasteiger partial charge is 0.503 e. The molecule has 6 heteroatoms. The Kier molecular flexibility index (Phi) is 31.3. The van der Waals surface area contributed by atoms with Crippen LogP contribution in [0.15, 0.2) is 12.2 Å². The van der Waals surface area contributed by atoms with E-state index in [-0.39, 0.29) is 13.5 Å². The van der Waals surface area contributed by atoms with Crippen LogP contribution in [0.2, 0.25) is 0 Å². The normalized spacial score (nSPS) is 10.0. The maximum absolute atomic E-state index is 10.8. The Morgan fingerprint density at radius 1 is 0.760 bits per heavy atom. The summed E-state index contributed by atoms with van der Waals surface area (Å²) in [6, 6.07) is 0. The van der Waals surface area contributed by atoms with Gasteiger partial charge in [-0.05, 0) is 0 Å². The number of rotatable bonds is 15. The van der Waals surface area contributed by atoms with Gasteiger partial charge in [0.1, 0.15) is 0 Å². The van der Waals surface area contributed by atoms with Crippen LogP contribution in [-0.4, -0.2) is 47.3 Å². The van der Waals surface area contributed by atoms with Crippen LogP contribution in [0, 0.1) is 0 Å². The van der Waals surface area contributed by atoms with E-state index in [0.29, 0.717) is 3.03 Å². The van der Waals surface area contributed by atoms with Crippen molar-refractivity contribution >= 4 is 50.6 Å². The molecule has 0 aromatic carbocycles. The average molecular weight is 385 g/mol. The molecule has 0 radical (unpaired) electrons. The van der Waals surface area contributed by atoms with Crippen molar-refractivity contribution in [2.75, 3.05) is 0 Å². The maximum Gasteiger partial charge on any atom is 0.503 e. The van der Waals surface area contributed by atoms with Crippen LogP contribution in [0.25, 0.3) is 0 Å². The molecular formula is C19H37NaO4S. The smallest absolute Gasteiger partial charge is 0.450 e. The first kappa shape index (κ1) is 29.8. The molecule has 0 atom stereocenters. The summed E-state index contributed by atoms with van der Waals surface area (Å²) in [6.45, 7) is 2.27. The van der Waals surface area contributed by atoms with Crippen LogP contribution in [-0.2, 0) is 4.79 Å². The van der Waals surface area contributed by atoms with E-state index in [1.54, 1.807) is 0 Å². The van der Waals surface area contributed by atoms with E-state index in [9.17, 15) is 4.79 Å². The molecule has 4 nitrogen and oxygen atoms in total. The van der Waals surface area contributed by atoms with Crippen LogP contribution in [0.4, 0.5) is 4.79 Å². The molecule has 0 amide bonds. The van der Waals surface area contributed by atoms with Crippen LogP contribution in [0.1, 0.15) is 96.8 Å². The maximum atomic E-state index is 10.8. The Morgan fingerprint density at radius 3 is 1.52 bits per heavy atom. The zero-order chi connectivity index (χ0) is 18.5. The van der Waals surface area contributed by atoms with Gasteiger partial charge in [0, 0.05) is 0 Å². The van der Waals surface area contributed by atoms with Gasteiger partial charge in [-0.2, -0.15) is 13.5 Å². The van der Waals surface area contributed by atoms with E-state index in [2.05, 4.69) is 19.1 Å². The number of carbonyl (C=O) groups excluding carboxylic acids is 1. The minimum Gasteiger partial charge on any atom is -0.450 e. The molecule has 0 aliphatic rings. The van der Waals surface area contributed by atoms with Crippen molar-refractivity contribution in [2.24, 2.45) is 0 Å². The Hall–Kier alpha value is 0.0300. The van der Waals surface area contributed by atoms with Crippen molar-refractivity contribution in [3.8, 4) is 0 Å². The summed E-state index contributed by atoms with van der Waals surface area (Å²) in [4.78, 5) is 19.4. The van der Waals surface area contributed by atoms with E-state index in [4.69, 9.17) is 15.0 Å². The molecule has 0 spiro atoms. The third-order valence-electron chi connectivity index (χ3n) is 3.79. The van der Waals surface area contributed by atoms with Crippen LogP contribution in [0.3, 0.4) is 0 Å². The molecule has 0 saturated carbocycles. The van der Waals surface area contributed by atoms with Gasteiger partial charge in [-0.1, -0.05) is 39.0 Å². The molecular weight excluding hydrogens is 347 g/mol. The van der Waals surface area contributed by atoms with Crippen LogP contribution < -0.4 is 0 Å². The third kappa shape index (κ3) is 40.2. The van der Waals surface area contributed by atoms with Gasteiger partial charge in [0.25, 0.3) is 0 Å². The van der Waals surface area contributed by atoms with Crippen LogP contribution >= 0.6 is 13.5 Å². The fourth-order valence-electron chi connectivity index (χ4n) is 2.44. The van der Waals surface area contributed by atoms with E-state index in [0.717, 1.165) is 40.8 Å². The monoisotopic (exact) mass is 384 g/mol. The predicted molar refractivity (Wildman–Crippen MR) is 111 cm³/mol.